The van der Waals surface area contributed by atoms with Gasteiger partial charge in [0, 0.05) is 30.4 Å². The Morgan fingerprint density at radius 2 is 1.25 bits per heavy atom. The molecule has 63 heavy (non-hydrogen) atoms. The maximum absolute atomic E-state index is 13.0. The second-order valence-corrected chi connectivity index (χ2v) is 17.4. The Kier molecular flexibility index (Phi) is 40.4. The lowest BCUT2D eigenvalue weighted by molar-refractivity contribution is -0.161. The smallest absolute Gasteiger partial charge is 0.472 e. The molecular weight excluding hydrogens is 844 g/mol. The number of esters is 2. The third kappa shape index (κ3) is 40.0. The van der Waals surface area contributed by atoms with Crippen LogP contribution in [0.5, 0.6) is 0 Å². The van der Waals surface area contributed by atoms with E-state index in [0.717, 1.165) is 38.5 Å². The predicted molar refractivity (Wildman–Crippen MR) is 257 cm³/mol. The molecule has 1 unspecified atom stereocenters. The van der Waals surface area contributed by atoms with Crippen molar-refractivity contribution in [3.05, 3.63) is 97.2 Å². The van der Waals surface area contributed by atoms with E-state index in [9.17, 15) is 28.9 Å². The minimum Gasteiger partial charge on any atom is -0.481 e. The predicted octanol–water partition coefficient (Wildman–Crippen LogP) is 9.92. The molecule has 0 aromatic heterocycles. The molecule has 0 amide bonds. The van der Waals surface area contributed by atoms with Crippen LogP contribution in [0.4, 0.5) is 0 Å². The molecular formula is C48H79N2O11PS. The fraction of sp³-hybridized carbons (Fsp3) is 0.604. The molecule has 0 aliphatic carbocycles. The SMILES string of the molecule is CCCCC/C=C\C\C=C/C=C/C=C/[C@@H](SC[C@H](N)C(=O)OC[C@H](COP(=O)(O)OCCN)OC(=O)CCC/C=C\C/C=C\C/C=C\C/C=C\CCCCC)[C@@H](O)CCCC(=O)O. The van der Waals surface area contributed by atoms with Gasteiger partial charge in [-0.3, -0.25) is 23.4 Å². The molecule has 0 rings (SSSR count). The highest BCUT2D eigenvalue weighted by Gasteiger charge is 2.27. The van der Waals surface area contributed by atoms with E-state index in [1.165, 1.54) is 50.3 Å². The molecule has 0 aliphatic heterocycles. The molecule has 0 aliphatic rings. The van der Waals surface area contributed by atoms with Crippen LogP contribution in [-0.2, 0) is 37.5 Å². The van der Waals surface area contributed by atoms with Crippen molar-refractivity contribution >= 4 is 37.5 Å². The Hall–Kier alpha value is -3.33. The van der Waals surface area contributed by atoms with Crippen LogP contribution in [-0.4, -0.2) is 88.6 Å². The van der Waals surface area contributed by atoms with Crippen LogP contribution in [0.25, 0.3) is 0 Å². The van der Waals surface area contributed by atoms with Crippen molar-refractivity contribution in [2.24, 2.45) is 11.5 Å². The summed E-state index contributed by atoms with van der Waals surface area (Å²) in [5, 5.41) is 19.4. The maximum Gasteiger partial charge on any atom is 0.472 e. The number of aliphatic hydroxyl groups is 1. The van der Waals surface area contributed by atoms with Crippen LogP contribution in [0.1, 0.15) is 129 Å². The molecule has 0 fully saturated rings. The molecule has 358 valence electrons. The van der Waals surface area contributed by atoms with Gasteiger partial charge in [-0.2, -0.15) is 0 Å². The fourth-order valence-electron chi connectivity index (χ4n) is 5.42. The quantitative estimate of drug-likeness (QED) is 0.0127. The van der Waals surface area contributed by atoms with Crippen LogP contribution in [0.2, 0.25) is 0 Å². The number of carbonyl (C=O) groups is 3. The second kappa shape index (κ2) is 42.6. The first kappa shape index (κ1) is 59.7. The number of hydrogen-bond acceptors (Lipinski definition) is 12. The molecule has 0 radical (unpaired) electrons. The summed E-state index contributed by atoms with van der Waals surface area (Å²) in [5.41, 5.74) is 11.5. The van der Waals surface area contributed by atoms with Crippen LogP contribution in [0.3, 0.4) is 0 Å². The number of unbranched alkanes of at least 4 members (excludes halogenated alkanes) is 7. The van der Waals surface area contributed by atoms with E-state index in [2.05, 4.69) is 62.5 Å². The monoisotopic (exact) mass is 923 g/mol. The summed E-state index contributed by atoms with van der Waals surface area (Å²) in [5.74, 6) is -2.37. The number of phosphoric acid groups is 1. The summed E-state index contributed by atoms with van der Waals surface area (Å²) in [6.07, 6.45) is 44.9. The van der Waals surface area contributed by atoms with Gasteiger partial charge in [0.1, 0.15) is 12.6 Å². The molecule has 0 saturated carbocycles. The molecule has 5 atom stereocenters. The number of carboxylic acid groups (broad SMARTS) is 1. The molecule has 0 heterocycles. The minimum atomic E-state index is -4.53. The van der Waals surface area contributed by atoms with Gasteiger partial charge in [0.15, 0.2) is 6.10 Å². The largest absolute Gasteiger partial charge is 0.481 e. The van der Waals surface area contributed by atoms with Crippen molar-refractivity contribution in [3.63, 3.8) is 0 Å². The van der Waals surface area contributed by atoms with Gasteiger partial charge in [-0.15, -0.1) is 11.8 Å². The van der Waals surface area contributed by atoms with Gasteiger partial charge in [-0.25, -0.2) is 4.57 Å². The standard InChI is InChI=1S/C48H79N2O11PS/c1-3-5-7-9-11-13-15-17-18-19-20-21-23-25-27-29-31-36-47(54)61-42(40-60-62(56,57)59-38-37-49)39-58-48(55)43(50)41-63-45(44(51)33-32-35-46(52)53)34-30-28-26-24-22-16-14-12-10-8-6-4-2/h11-14,17-18,20-22,24-28,30,34,42-45,51H,3-10,15-16,19,23,29,31-33,35-41,49-50H2,1-2H3,(H,52,53)(H,56,57)/b13-11-,14-12-,18-17-,21-20-,24-22-,27-25-,28-26+,34-30+/t42-,43+,44+,45-/m1/s1. The lowest BCUT2D eigenvalue weighted by atomic mass is 10.1. The fourth-order valence-corrected chi connectivity index (χ4v) is 7.31. The zero-order valence-electron chi connectivity index (χ0n) is 37.9. The van der Waals surface area contributed by atoms with E-state index >= 15 is 0 Å². The van der Waals surface area contributed by atoms with Crippen LogP contribution in [0.15, 0.2) is 97.2 Å². The van der Waals surface area contributed by atoms with Crippen LogP contribution >= 0.6 is 19.6 Å². The zero-order valence-corrected chi connectivity index (χ0v) is 39.6. The van der Waals surface area contributed by atoms with Crippen molar-refractivity contribution < 1.29 is 52.6 Å². The topological polar surface area (TPSA) is 218 Å². The van der Waals surface area contributed by atoms with Crippen LogP contribution < -0.4 is 11.5 Å². The Bertz CT molecular complexity index is 1480. The number of ether oxygens (including phenoxy) is 2. The minimum absolute atomic E-state index is 0.0271. The molecule has 0 aromatic rings. The van der Waals surface area contributed by atoms with Gasteiger partial charge in [0.25, 0.3) is 0 Å². The van der Waals surface area contributed by atoms with Crippen molar-refractivity contribution in [1.29, 1.82) is 0 Å². The van der Waals surface area contributed by atoms with Gasteiger partial charge in [0.2, 0.25) is 0 Å². The number of aliphatic hydroxyl groups excluding tert-OH is 1. The third-order valence-corrected chi connectivity index (χ3v) is 11.3. The molecule has 7 N–H and O–H groups in total. The van der Waals surface area contributed by atoms with Gasteiger partial charge in [-0.05, 0) is 77.0 Å². The number of thioether (sulfide) groups is 1. The first-order valence-electron chi connectivity index (χ1n) is 22.7. The van der Waals surface area contributed by atoms with E-state index in [4.69, 9.17) is 35.1 Å². The van der Waals surface area contributed by atoms with Gasteiger partial charge >= 0.3 is 25.7 Å². The van der Waals surface area contributed by atoms with E-state index in [1.54, 1.807) is 12.2 Å². The Balaban J connectivity index is 5.14. The maximum atomic E-state index is 13.0. The number of phosphoric ester groups is 1. The number of nitrogens with two attached hydrogens (primary N) is 2. The van der Waals surface area contributed by atoms with Crippen LogP contribution in [0, 0.1) is 0 Å². The highest BCUT2D eigenvalue weighted by atomic mass is 32.2. The highest BCUT2D eigenvalue weighted by molar-refractivity contribution is 8.00. The normalized spacial score (nSPS) is 15.5. The van der Waals surface area contributed by atoms with E-state index < -0.39 is 62.4 Å². The number of carbonyl (C=O) groups excluding carboxylic acids is 2. The average molecular weight is 923 g/mol. The second-order valence-electron chi connectivity index (χ2n) is 14.8. The first-order valence-corrected chi connectivity index (χ1v) is 25.2. The third-order valence-electron chi connectivity index (χ3n) is 8.94. The number of carboxylic acids is 1. The molecule has 0 spiro atoms. The molecule has 0 saturated heterocycles. The molecule has 0 aromatic carbocycles. The van der Waals surface area contributed by atoms with Crippen molar-refractivity contribution in [3.8, 4) is 0 Å². The van der Waals surface area contributed by atoms with Gasteiger partial charge < -0.3 is 36.0 Å². The van der Waals surface area contributed by atoms with Crippen molar-refractivity contribution in [1.82, 2.24) is 0 Å². The van der Waals surface area contributed by atoms with Crippen molar-refractivity contribution in [2.75, 3.05) is 32.1 Å². The zero-order chi connectivity index (χ0) is 46.7. The van der Waals surface area contributed by atoms with E-state index in [1.807, 2.05) is 36.5 Å². The molecule has 15 heteroatoms. The summed E-state index contributed by atoms with van der Waals surface area (Å²) < 4.78 is 32.8. The lowest BCUT2D eigenvalue weighted by Crippen LogP contribution is -2.38. The summed E-state index contributed by atoms with van der Waals surface area (Å²) in [4.78, 5) is 46.7. The summed E-state index contributed by atoms with van der Waals surface area (Å²) in [6, 6.07) is -1.15. The van der Waals surface area contributed by atoms with Crippen molar-refractivity contribution in [2.45, 2.75) is 153 Å². The average Bonchev–Trinajstić information content (AvgIpc) is 3.25. The van der Waals surface area contributed by atoms with Gasteiger partial charge in [-0.1, -0.05) is 137 Å². The number of aliphatic carboxylic acids is 1. The lowest BCUT2D eigenvalue weighted by Gasteiger charge is -2.22. The summed E-state index contributed by atoms with van der Waals surface area (Å²) in [7, 11) is -4.53. The Morgan fingerprint density at radius 1 is 0.698 bits per heavy atom. The van der Waals surface area contributed by atoms with Gasteiger partial charge in [0.05, 0.1) is 19.3 Å². The highest BCUT2D eigenvalue weighted by Crippen LogP contribution is 2.43. The molecule has 13 nitrogen and oxygen atoms in total. The Labute approximate surface area is 382 Å². The van der Waals surface area contributed by atoms with E-state index in [-0.39, 0.29) is 44.6 Å². The molecule has 0 bridgehead atoms. The summed E-state index contributed by atoms with van der Waals surface area (Å²) in [6.45, 7) is 3.00. The first-order chi connectivity index (χ1) is 30.4. The Morgan fingerprint density at radius 3 is 1.83 bits per heavy atom. The number of rotatable bonds is 41. The summed E-state index contributed by atoms with van der Waals surface area (Å²) >= 11 is 1.21. The van der Waals surface area contributed by atoms with E-state index in [0.29, 0.717) is 12.8 Å². The number of allylic oxidation sites excluding steroid dienone is 15. The number of hydrogen-bond donors (Lipinski definition) is 5.